The van der Waals surface area contributed by atoms with Crippen LogP contribution in [0.5, 0.6) is 0 Å². The highest BCUT2D eigenvalue weighted by Crippen LogP contribution is 2.36. The summed E-state index contributed by atoms with van der Waals surface area (Å²) in [6, 6.07) is 0. The minimum atomic E-state index is -1.14. The molecule has 2 unspecified atom stereocenters. The normalized spacial score (nSPS) is 26.1. The number of carboxylic acid groups (broad SMARTS) is 1. The molecule has 2 aliphatic rings. The van der Waals surface area contributed by atoms with Crippen molar-refractivity contribution in [3.05, 3.63) is 17.7 Å². The minimum Gasteiger partial charge on any atom is -0.477 e. The molecule has 2 fully saturated rings. The predicted molar refractivity (Wildman–Crippen MR) is 71.5 cm³/mol. The lowest BCUT2D eigenvalue weighted by Crippen LogP contribution is -2.45. The number of fused-ring (bicyclic) bond motifs is 1. The summed E-state index contributed by atoms with van der Waals surface area (Å²) in [7, 11) is 0. The molecular formula is C14H19N3O3. The molecule has 1 aromatic rings. The second-order valence-electron chi connectivity index (χ2n) is 5.78. The SMILES string of the molecule is O=C(O)c1[nH]cnc1C(=O)N1CCC2CCCCC2C1. The average Bonchev–Trinajstić information content (AvgIpc) is 2.95. The van der Waals surface area contributed by atoms with Gasteiger partial charge in [-0.15, -0.1) is 0 Å². The van der Waals surface area contributed by atoms with Gasteiger partial charge in [0.05, 0.1) is 6.33 Å². The van der Waals surface area contributed by atoms with Crippen LogP contribution < -0.4 is 0 Å². The molecule has 6 heteroatoms. The number of nitrogens with zero attached hydrogens (tertiary/aromatic N) is 2. The number of carbonyl (C=O) groups excluding carboxylic acids is 1. The summed E-state index contributed by atoms with van der Waals surface area (Å²) < 4.78 is 0. The Labute approximate surface area is 117 Å². The summed E-state index contributed by atoms with van der Waals surface area (Å²) in [6.45, 7) is 1.46. The summed E-state index contributed by atoms with van der Waals surface area (Å²) in [5.41, 5.74) is -0.0764. The fraction of sp³-hybridized carbons (Fsp3) is 0.643. The average molecular weight is 277 g/mol. The van der Waals surface area contributed by atoms with E-state index in [9.17, 15) is 9.59 Å². The number of aromatic carboxylic acids is 1. The van der Waals surface area contributed by atoms with Gasteiger partial charge in [-0.05, 0) is 24.7 Å². The van der Waals surface area contributed by atoms with E-state index in [0.717, 1.165) is 18.9 Å². The topological polar surface area (TPSA) is 86.3 Å². The fourth-order valence-electron chi connectivity index (χ4n) is 3.55. The van der Waals surface area contributed by atoms with E-state index in [0.29, 0.717) is 12.5 Å². The van der Waals surface area contributed by atoms with E-state index >= 15 is 0 Å². The first-order chi connectivity index (χ1) is 9.66. The summed E-state index contributed by atoms with van der Waals surface area (Å²) in [5.74, 6) is -0.0781. The van der Waals surface area contributed by atoms with E-state index in [1.54, 1.807) is 4.90 Å². The van der Waals surface area contributed by atoms with Gasteiger partial charge < -0.3 is 15.0 Å². The van der Waals surface area contributed by atoms with Crippen molar-refractivity contribution in [1.29, 1.82) is 0 Å². The highest BCUT2D eigenvalue weighted by molar-refractivity contribution is 6.02. The van der Waals surface area contributed by atoms with Gasteiger partial charge in [0.2, 0.25) is 0 Å². The Kier molecular flexibility index (Phi) is 3.46. The molecule has 1 amide bonds. The van der Waals surface area contributed by atoms with Gasteiger partial charge in [0, 0.05) is 13.1 Å². The number of likely N-dealkylation sites (tertiary alicyclic amines) is 1. The van der Waals surface area contributed by atoms with Crippen LogP contribution in [0.2, 0.25) is 0 Å². The molecule has 0 radical (unpaired) electrons. The maximum absolute atomic E-state index is 12.4. The molecule has 2 N–H and O–H groups in total. The number of amides is 1. The molecular weight excluding hydrogens is 258 g/mol. The Morgan fingerprint density at radius 3 is 2.75 bits per heavy atom. The lowest BCUT2D eigenvalue weighted by Gasteiger charge is -2.41. The molecule has 0 bridgehead atoms. The third-order valence-electron chi connectivity index (χ3n) is 4.63. The minimum absolute atomic E-state index is 0.0340. The Bertz CT molecular complexity index is 525. The summed E-state index contributed by atoms with van der Waals surface area (Å²) in [4.78, 5) is 31.7. The largest absolute Gasteiger partial charge is 0.477 e. The third kappa shape index (κ3) is 2.30. The van der Waals surface area contributed by atoms with Crippen molar-refractivity contribution in [3.63, 3.8) is 0 Å². The van der Waals surface area contributed by atoms with Gasteiger partial charge in [0.1, 0.15) is 0 Å². The van der Waals surface area contributed by atoms with Crippen molar-refractivity contribution in [2.75, 3.05) is 13.1 Å². The molecule has 1 aromatic heterocycles. The molecule has 6 nitrogen and oxygen atoms in total. The number of aromatic nitrogens is 2. The Morgan fingerprint density at radius 1 is 1.25 bits per heavy atom. The zero-order valence-electron chi connectivity index (χ0n) is 11.3. The van der Waals surface area contributed by atoms with Crippen LogP contribution in [-0.2, 0) is 0 Å². The van der Waals surface area contributed by atoms with Gasteiger partial charge in [-0.25, -0.2) is 9.78 Å². The van der Waals surface area contributed by atoms with Crippen LogP contribution in [0, 0.1) is 11.8 Å². The monoisotopic (exact) mass is 277 g/mol. The van der Waals surface area contributed by atoms with Gasteiger partial charge in [0.15, 0.2) is 11.4 Å². The summed E-state index contributed by atoms with van der Waals surface area (Å²) in [5, 5.41) is 9.05. The van der Waals surface area contributed by atoms with Crippen molar-refractivity contribution in [2.24, 2.45) is 11.8 Å². The number of carbonyl (C=O) groups is 2. The number of hydrogen-bond acceptors (Lipinski definition) is 3. The number of nitrogens with one attached hydrogen (secondary N) is 1. The molecule has 1 aliphatic carbocycles. The van der Waals surface area contributed by atoms with E-state index < -0.39 is 5.97 Å². The molecule has 1 aliphatic heterocycles. The predicted octanol–water partition coefficient (Wildman–Crippen LogP) is 1.76. The fourth-order valence-corrected chi connectivity index (χ4v) is 3.55. The number of aromatic amines is 1. The van der Waals surface area contributed by atoms with E-state index in [-0.39, 0.29) is 17.3 Å². The van der Waals surface area contributed by atoms with Crippen molar-refractivity contribution in [2.45, 2.75) is 32.1 Å². The molecule has 1 saturated heterocycles. The van der Waals surface area contributed by atoms with Crippen molar-refractivity contribution >= 4 is 11.9 Å². The maximum Gasteiger partial charge on any atom is 0.354 e. The van der Waals surface area contributed by atoms with E-state index in [2.05, 4.69) is 9.97 Å². The van der Waals surface area contributed by atoms with Crippen LogP contribution in [0.25, 0.3) is 0 Å². The Hall–Kier alpha value is -1.85. The Morgan fingerprint density at radius 2 is 2.00 bits per heavy atom. The molecule has 3 rings (SSSR count). The molecule has 1 saturated carbocycles. The van der Waals surface area contributed by atoms with Gasteiger partial charge in [-0.3, -0.25) is 4.79 Å². The molecule has 0 aromatic carbocycles. The third-order valence-corrected chi connectivity index (χ3v) is 4.63. The zero-order valence-corrected chi connectivity index (χ0v) is 11.3. The van der Waals surface area contributed by atoms with Crippen LogP contribution in [-0.4, -0.2) is 44.9 Å². The first-order valence-electron chi connectivity index (χ1n) is 7.22. The van der Waals surface area contributed by atoms with Crippen LogP contribution >= 0.6 is 0 Å². The van der Waals surface area contributed by atoms with Crippen molar-refractivity contribution in [1.82, 2.24) is 14.9 Å². The van der Waals surface area contributed by atoms with E-state index in [1.807, 2.05) is 0 Å². The molecule has 108 valence electrons. The number of piperidine rings is 1. The van der Waals surface area contributed by atoms with Gasteiger partial charge in [0.25, 0.3) is 5.91 Å². The number of H-pyrrole nitrogens is 1. The number of imidazole rings is 1. The second kappa shape index (κ2) is 5.26. The lowest BCUT2D eigenvalue weighted by molar-refractivity contribution is 0.0507. The van der Waals surface area contributed by atoms with Crippen LogP contribution in [0.4, 0.5) is 0 Å². The lowest BCUT2D eigenvalue weighted by atomic mass is 9.75. The standard InChI is InChI=1S/C14H19N3O3/c18-13(11-12(14(19)20)16-8-15-11)17-6-5-9-3-1-2-4-10(9)7-17/h8-10H,1-7H2,(H,15,16)(H,19,20). The van der Waals surface area contributed by atoms with Crippen LogP contribution in [0.3, 0.4) is 0 Å². The van der Waals surface area contributed by atoms with E-state index in [4.69, 9.17) is 5.11 Å². The number of rotatable bonds is 2. The summed E-state index contributed by atoms with van der Waals surface area (Å²) in [6.07, 6.45) is 7.30. The molecule has 0 spiro atoms. The summed E-state index contributed by atoms with van der Waals surface area (Å²) >= 11 is 0. The second-order valence-corrected chi connectivity index (χ2v) is 5.78. The number of hydrogen-bond donors (Lipinski definition) is 2. The van der Waals surface area contributed by atoms with E-state index in [1.165, 1.54) is 32.0 Å². The zero-order chi connectivity index (χ0) is 14.1. The van der Waals surface area contributed by atoms with Gasteiger partial charge >= 0.3 is 5.97 Å². The Balaban J connectivity index is 1.74. The molecule has 2 atom stereocenters. The smallest absolute Gasteiger partial charge is 0.354 e. The van der Waals surface area contributed by atoms with Crippen LogP contribution in [0.1, 0.15) is 53.1 Å². The highest BCUT2D eigenvalue weighted by atomic mass is 16.4. The number of carboxylic acids is 1. The van der Waals surface area contributed by atoms with Gasteiger partial charge in [-0.1, -0.05) is 19.3 Å². The quantitative estimate of drug-likeness (QED) is 0.862. The molecule has 20 heavy (non-hydrogen) atoms. The van der Waals surface area contributed by atoms with Crippen LogP contribution in [0.15, 0.2) is 6.33 Å². The first kappa shape index (κ1) is 13.1. The van der Waals surface area contributed by atoms with Crippen molar-refractivity contribution in [3.8, 4) is 0 Å². The maximum atomic E-state index is 12.4. The van der Waals surface area contributed by atoms with Crippen molar-refractivity contribution < 1.29 is 14.7 Å². The highest BCUT2D eigenvalue weighted by Gasteiger charge is 2.34. The van der Waals surface area contributed by atoms with Gasteiger partial charge in [-0.2, -0.15) is 0 Å². The first-order valence-corrected chi connectivity index (χ1v) is 7.22. The molecule has 2 heterocycles.